The summed E-state index contributed by atoms with van der Waals surface area (Å²) in [5.41, 5.74) is 7.21. The molecular weight excluding hydrogens is 197 g/mol. The smallest absolute Gasteiger partial charge is 0.123 e. The minimum absolute atomic E-state index is 0.268. The molecule has 1 aromatic rings. The van der Waals surface area contributed by atoms with E-state index in [2.05, 4.69) is 0 Å². The first-order chi connectivity index (χ1) is 7.27. The van der Waals surface area contributed by atoms with Crippen LogP contribution < -0.4 is 5.73 Å². The summed E-state index contributed by atoms with van der Waals surface area (Å²) in [6.45, 7) is 1.84. The van der Waals surface area contributed by atoms with Gasteiger partial charge >= 0.3 is 0 Å². The zero-order valence-corrected chi connectivity index (χ0v) is 8.83. The number of methoxy groups -OCH3 is 1. The van der Waals surface area contributed by atoms with E-state index < -0.39 is 0 Å². The van der Waals surface area contributed by atoms with Crippen molar-refractivity contribution < 1.29 is 13.9 Å². The first-order valence-corrected chi connectivity index (χ1v) is 4.82. The maximum atomic E-state index is 12.9. The van der Waals surface area contributed by atoms with Gasteiger partial charge in [0.25, 0.3) is 0 Å². The second kappa shape index (κ2) is 6.50. The van der Waals surface area contributed by atoms with E-state index in [1.165, 1.54) is 12.1 Å². The third kappa shape index (κ3) is 3.95. The molecule has 4 heteroatoms. The summed E-state index contributed by atoms with van der Waals surface area (Å²) in [6, 6.07) is 4.55. The van der Waals surface area contributed by atoms with Crippen LogP contribution in [0.15, 0.2) is 18.2 Å². The van der Waals surface area contributed by atoms with Gasteiger partial charge in [-0.3, -0.25) is 0 Å². The predicted octanol–water partition coefficient (Wildman–Crippen LogP) is 1.45. The van der Waals surface area contributed by atoms with Crippen molar-refractivity contribution in [2.45, 2.75) is 13.2 Å². The first kappa shape index (κ1) is 12.1. The Morgan fingerprint density at radius 1 is 1.27 bits per heavy atom. The molecule has 2 N–H and O–H groups in total. The van der Waals surface area contributed by atoms with Gasteiger partial charge in [-0.1, -0.05) is 6.07 Å². The minimum atomic E-state index is -0.268. The lowest BCUT2D eigenvalue weighted by Gasteiger charge is -2.08. The summed E-state index contributed by atoms with van der Waals surface area (Å²) < 4.78 is 23.0. The molecular formula is C11H16FNO2. The average Bonchev–Trinajstić information content (AvgIpc) is 2.26. The Kier molecular flexibility index (Phi) is 5.25. The molecule has 0 fully saturated rings. The molecule has 3 nitrogen and oxygen atoms in total. The number of rotatable bonds is 6. The molecule has 0 heterocycles. The lowest BCUT2D eigenvalue weighted by atomic mass is 10.1. The Hall–Kier alpha value is -0.970. The molecule has 0 amide bonds. The monoisotopic (exact) mass is 213 g/mol. The van der Waals surface area contributed by atoms with Crippen LogP contribution in [0.4, 0.5) is 4.39 Å². The van der Waals surface area contributed by atoms with Crippen molar-refractivity contribution in [3.63, 3.8) is 0 Å². The highest BCUT2D eigenvalue weighted by Crippen LogP contribution is 2.11. The molecule has 0 aliphatic carbocycles. The summed E-state index contributed by atoms with van der Waals surface area (Å²) in [4.78, 5) is 0. The number of nitrogens with two attached hydrogens (primary N) is 1. The molecule has 0 spiro atoms. The number of hydrogen-bond donors (Lipinski definition) is 1. The van der Waals surface area contributed by atoms with Crippen molar-refractivity contribution in [3.05, 3.63) is 35.1 Å². The fourth-order valence-electron chi connectivity index (χ4n) is 1.25. The van der Waals surface area contributed by atoms with Crippen LogP contribution in [0, 0.1) is 5.82 Å². The summed E-state index contributed by atoms with van der Waals surface area (Å²) in [5, 5.41) is 0. The zero-order chi connectivity index (χ0) is 11.1. The van der Waals surface area contributed by atoms with E-state index in [1.54, 1.807) is 13.2 Å². The lowest BCUT2D eigenvalue weighted by Crippen LogP contribution is -2.06. The van der Waals surface area contributed by atoms with Crippen LogP contribution in [0.25, 0.3) is 0 Å². The van der Waals surface area contributed by atoms with Gasteiger partial charge in [0.15, 0.2) is 0 Å². The largest absolute Gasteiger partial charge is 0.382 e. The average molecular weight is 213 g/mol. The van der Waals surface area contributed by atoms with Crippen LogP contribution in [-0.4, -0.2) is 20.3 Å². The Balaban J connectivity index is 2.52. The van der Waals surface area contributed by atoms with Gasteiger partial charge in [0.05, 0.1) is 19.8 Å². The van der Waals surface area contributed by atoms with Crippen molar-refractivity contribution in [1.29, 1.82) is 0 Å². The van der Waals surface area contributed by atoms with Crippen LogP contribution in [0.1, 0.15) is 11.1 Å². The van der Waals surface area contributed by atoms with Crippen LogP contribution in [0.2, 0.25) is 0 Å². The number of ether oxygens (including phenoxy) is 2. The fourth-order valence-corrected chi connectivity index (χ4v) is 1.25. The van der Waals surface area contributed by atoms with Gasteiger partial charge in [0, 0.05) is 13.7 Å². The molecule has 0 saturated carbocycles. The van der Waals surface area contributed by atoms with Gasteiger partial charge < -0.3 is 15.2 Å². The van der Waals surface area contributed by atoms with E-state index in [9.17, 15) is 4.39 Å². The molecule has 0 bridgehead atoms. The van der Waals surface area contributed by atoms with E-state index in [-0.39, 0.29) is 5.82 Å². The second-order valence-corrected chi connectivity index (χ2v) is 3.16. The van der Waals surface area contributed by atoms with Crippen LogP contribution >= 0.6 is 0 Å². The molecule has 84 valence electrons. The van der Waals surface area contributed by atoms with Gasteiger partial charge in [-0.15, -0.1) is 0 Å². The molecule has 0 aliphatic rings. The Bertz CT molecular complexity index is 305. The molecule has 0 unspecified atom stereocenters. The van der Waals surface area contributed by atoms with Crippen LogP contribution in [0.5, 0.6) is 0 Å². The van der Waals surface area contributed by atoms with Crippen molar-refractivity contribution in [1.82, 2.24) is 0 Å². The van der Waals surface area contributed by atoms with Crippen molar-refractivity contribution in [3.8, 4) is 0 Å². The van der Waals surface area contributed by atoms with Gasteiger partial charge in [-0.2, -0.15) is 0 Å². The van der Waals surface area contributed by atoms with Gasteiger partial charge in [-0.25, -0.2) is 4.39 Å². The highest BCUT2D eigenvalue weighted by molar-refractivity contribution is 5.27. The standard InChI is InChI=1S/C11H16FNO2/c1-14-4-5-15-8-9-2-3-11(12)6-10(9)7-13/h2-3,6H,4-5,7-8,13H2,1H3. The number of hydrogen-bond acceptors (Lipinski definition) is 3. The second-order valence-electron chi connectivity index (χ2n) is 3.16. The summed E-state index contributed by atoms with van der Waals surface area (Å²) in [5.74, 6) is -0.268. The zero-order valence-electron chi connectivity index (χ0n) is 8.83. The first-order valence-electron chi connectivity index (χ1n) is 4.82. The van der Waals surface area contributed by atoms with E-state index in [0.29, 0.717) is 26.4 Å². The van der Waals surface area contributed by atoms with E-state index in [0.717, 1.165) is 11.1 Å². The van der Waals surface area contributed by atoms with Crippen LogP contribution in [-0.2, 0) is 22.6 Å². The number of benzene rings is 1. The minimum Gasteiger partial charge on any atom is -0.382 e. The maximum absolute atomic E-state index is 12.9. The fraction of sp³-hybridized carbons (Fsp3) is 0.455. The quantitative estimate of drug-likeness (QED) is 0.727. The highest BCUT2D eigenvalue weighted by atomic mass is 19.1. The van der Waals surface area contributed by atoms with E-state index in [1.807, 2.05) is 0 Å². The topological polar surface area (TPSA) is 44.5 Å². The van der Waals surface area contributed by atoms with Crippen molar-refractivity contribution in [2.24, 2.45) is 5.73 Å². The molecule has 0 saturated heterocycles. The SMILES string of the molecule is COCCOCc1ccc(F)cc1CN. The van der Waals surface area contributed by atoms with Crippen molar-refractivity contribution in [2.75, 3.05) is 20.3 Å². The summed E-state index contributed by atoms with van der Waals surface area (Å²) in [6.07, 6.45) is 0. The Morgan fingerprint density at radius 3 is 2.73 bits per heavy atom. The Morgan fingerprint density at radius 2 is 2.07 bits per heavy atom. The normalized spacial score (nSPS) is 10.6. The number of halogens is 1. The lowest BCUT2D eigenvalue weighted by molar-refractivity contribution is 0.0613. The summed E-state index contributed by atoms with van der Waals surface area (Å²) in [7, 11) is 1.62. The molecule has 0 aromatic heterocycles. The van der Waals surface area contributed by atoms with Gasteiger partial charge in [0.2, 0.25) is 0 Å². The summed E-state index contributed by atoms with van der Waals surface area (Å²) >= 11 is 0. The molecule has 1 rings (SSSR count). The van der Waals surface area contributed by atoms with E-state index >= 15 is 0 Å². The van der Waals surface area contributed by atoms with Crippen molar-refractivity contribution >= 4 is 0 Å². The molecule has 1 aromatic carbocycles. The molecule has 0 atom stereocenters. The molecule has 0 radical (unpaired) electrons. The predicted molar refractivity (Wildman–Crippen MR) is 55.8 cm³/mol. The Labute approximate surface area is 89.0 Å². The van der Waals surface area contributed by atoms with Crippen LogP contribution in [0.3, 0.4) is 0 Å². The molecule has 15 heavy (non-hydrogen) atoms. The highest BCUT2D eigenvalue weighted by Gasteiger charge is 2.02. The third-order valence-corrected chi connectivity index (χ3v) is 2.08. The van der Waals surface area contributed by atoms with Gasteiger partial charge in [-0.05, 0) is 23.3 Å². The maximum Gasteiger partial charge on any atom is 0.123 e. The van der Waals surface area contributed by atoms with E-state index in [4.69, 9.17) is 15.2 Å². The van der Waals surface area contributed by atoms with Gasteiger partial charge in [0.1, 0.15) is 5.82 Å². The third-order valence-electron chi connectivity index (χ3n) is 2.08. The molecule has 0 aliphatic heterocycles.